The summed E-state index contributed by atoms with van der Waals surface area (Å²) in [6.07, 6.45) is 4.70. The molecular formula is C14H16BrN3O2. The van der Waals surface area contributed by atoms with E-state index in [-0.39, 0.29) is 16.7 Å². The standard InChI is InChI=1S/C14H16BrN3O2/c1-10(16)6-11-4-5-17(8-11)9-12-2-3-13(15)7-14(12)18(19)20/h2-5,7-8,10H,6,9,16H2,1H3. The Kier molecular flexibility index (Phi) is 4.57. The number of nitrogens with two attached hydrogens (primary N) is 1. The molecule has 0 saturated carbocycles. The van der Waals surface area contributed by atoms with Gasteiger partial charge in [0.1, 0.15) is 0 Å². The molecule has 1 unspecified atom stereocenters. The molecule has 20 heavy (non-hydrogen) atoms. The van der Waals surface area contributed by atoms with Crippen LogP contribution in [0.1, 0.15) is 18.1 Å². The number of nitro groups is 1. The highest BCUT2D eigenvalue weighted by Crippen LogP contribution is 2.24. The predicted molar refractivity (Wildman–Crippen MR) is 81.7 cm³/mol. The van der Waals surface area contributed by atoms with E-state index in [4.69, 9.17) is 5.73 Å². The Balaban J connectivity index is 2.21. The van der Waals surface area contributed by atoms with Crippen LogP contribution < -0.4 is 5.73 Å². The molecule has 5 nitrogen and oxygen atoms in total. The largest absolute Gasteiger partial charge is 0.349 e. The first kappa shape index (κ1) is 14.7. The summed E-state index contributed by atoms with van der Waals surface area (Å²) in [7, 11) is 0. The quantitative estimate of drug-likeness (QED) is 0.672. The van der Waals surface area contributed by atoms with Crippen molar-refractivity contribution in [3.63, 3.8) is 0 Å². The molecule has 0 aliphatic carbocycles. The average Bonchev–Trinajstić information content (AvgIpc) is 2.77. The van der Waals surface area contributed by atoms with Gasteiger partial charge in [-0.25, -0.2) is 0 Å². The van der Waals surface area contributed by atoms with Crippen molar-refractivity contribution in [2.45, 2.75) is 25.9 Å². The van der Waals surface area contributed by atoms with E-state index in [1.165, 1.54) is 6.07 Å². The highest BCUT2D eigenvalue weighted by Gasteiger charge is 2.14. The Morgan fingerprint density at radius 2 is 2.20 bits per heavy atom. The predicted octanol–water partition coefficient (Wildman–Crippen LogP) is 3.10. The molecule has 2 aromatic rings. The molecule has 0 saturated heterocycles. The molecule has 2 rings (SSSR count). The molecule has 0 fully saturated rings. The zero-order chi connectivity index (χ0) is 14.7. The molecule has 2 N–H and O–H groups in total. The summed E-state index contributed by atoms with van der Waals surface area (Å²) in [5.41, 5.74) is 7.71. The van der Waals surface area contributed by atoms with Gasteiger partial charge in [0.15, 0.2) is 0 Å². The Morgan fingerprint density at radius 1 is 1.45 bits per heavy atom. The fraction of sp³-hybridized carbons (Fsp3) is 0.286. The zero-order valence-electron chi connectivity index (χ0n) is 11.1. The second-order valence-corrected chi connectivity index (χ2v) is 5.82. The minimum Gasteiger partial charge on any atom is -0.349 e. The van der Waals surface area contributed by atoms with Gasteiger partial charge in [-0.2, -0.15) is 0 Å². The van der Waals surface area contributed by atoms with Gasteiger partial charge in [0, 0.05) is 34.5 Å². The maximum absolute atomic E-state index is 11.1. The Labute approximate surface area is 125 Å². The van der Waals surface area contributed by atoms with Gasteiger partial charge in [-0.05, 0) is 37.1 Å². The van der Waals surface area contributed by atoms with E-state index >= 15 is 0 Å². The van der Waals surface area contributed by atoms with Crippen molar-refractivity contribution in [3.8, 4) is 0 Å². The zero-order valence-corrected chi connectivity index (χ0v) is 12.7. The second-order valence-electron chi connectivity index (χ2n) is 4.90. The summed E-state index contributed by atoms with van der Waals surface area (Å²) >= 11 is 3.26. The molecule has 0 amide bonds. The Hall–Kier alpha value is -1.66. The fourth-order valence-corrected chi connectivity index (χ4v) is 2.47. The molecule has 106 valence electrons. The molecule has 0 spiro atoms. The lowest BCUT2D eigenvalue weighted by Gasteiger charge is -2.05. The van der Waals surface area contributed by atoms with E-state index in [9.17, 15) is 10.1 Å². The van der Waals surface area contributed by atoms with Crippen LogP contribution in [0.2, 0.25) is 0 Å². The third-order valence-electron chi connectivity index (χ3n) is 2.97. The normalized spacial score (nSPS) is 12.3. The fourth-order valence-electron chi connectivity index (χ4n) is 2.12. The minimum atomic E-state index is -0.355. The number of aromatic nitrogens is 1. The van der Waals surface area contributed by atoms with Crippen molar-refractivity contribution in [2.24, 2.45) is 5.73 Å². The van der Waals surface area contributed by atoms with Crippen LogP contribution in [-0.2, 0) is 13.0 Å². The van der Waals surface area contributed by atoms with E-state index in [1.807, 2.05) is 36.0 Å². The number of hydrogen-bond donors (Lipinski definition) is 1. The minimum absolute atomic E-state index is 0.105. The first-order chi connectivity index (χ1) is 9.45. The third-order valence-corrected chi connectivity index (χ3v) is 3.46. The van der Waals surface area contributed by atoms with Gasteiger partial charge >= 0.3 is 0 Å². The number of halogens is 1. The van der Waals surface area contributed by atoms with E-state index in [0.717, 1.165) is 12.0 Å². The van der Waals surface area contributed by atoms with Crippen LogP contribution in [0.5, 0.6) is 0 Å². The summed E-state index contributed by atoms with van der Waals surface area (Å²) in [6.45, 7) is 2.43. The van der Waals surface area contributed by atoms with Gasteiger partial charge in [0.05, 0.1) is 11.5 Å². The lowest BCUT2D eigenvalue weighted by molar-refractivity contribution is -0.385. The lowest BCUT2D eigenvalue weighted by Crippen LogP contribution is -2.17. The molecule has 0 bridgehead atoms. The van der Waals surface area contributed by atoms with E-state index < -0.39 is 0 Å². The van der Waals surface area contributed by atoms with Gasteiger partial charge in [-0.3, -0.25) is 10.1 Å². The van der Waals surface area contributed by atoms with Crippen molar-refractivity contribution in [2.75, 3.05) is 0 Å². The summed E-state index contributed by atoms with van der Waals surface area (Å²) < 4.78 is 2.65. The first-order valence-corrected chi connectivity index (χ1v) is 7.08. The summed E-state index contributed by atoms with van der Waals surface area (Å²) in [5, 5.41) is 11.1. The van der Waals surface area contributed by atoms with Crippen LogP contribution in [0.25, 0.3) is 0 Å². The van der Waals surface area contributed by atoms with Gasteiger partial charge in [-0.1, -0.05) is 15.9 Å². The van der Waals surface area contributed by atoms with E-state index in [2.05, 4.69) is 15.9 Å². The highest BCUT2D eigenvalue weighted by atomic mass is 79.9. The maximum atomic E-state index is 11.1. The van der Waals surface area contributed by atoms with Crippen LogP contribution in [0.3, 0.4) is 0 Å². The molecule has 1 heterocycles. The molecular weight excluding hydrogens is 322 g/mol. The Bertz CT molecular complexity index is 623. The van der Waals surface area contributed by atoms with E-state index in [1.54, 1.807) is 6.07 Å². The molecule has 1 atom stereocenters. The second kappa shape index (κ2) is 6.19. The molecule has 6 heteroatoms. The lowest BCUT2D eigenvalue weighted by atomic mass is 10.1. The van der Waals surface area contributed by atoms with Crippen molar-refractivity contribution in [3.05, 3.63) is 62.4 Å². The first-order valence-electron chi connectivity index (χ1n) is 6.29. The van der Waals surface area contributed by atoms with Crippen molar-refractivity contribution < 1.29 is 4.92 Å². The van der Waals surface area contributed by atoms with Gasteiger partial charge in [0.2, 0.25) is 0 Å². The average molecular weight is 338 g/mol. The van der Waals surface area contributed by atoms with Gasteiger partial charge in [0.25, 0.3) is 5.69 Å². The third kappa shape index (κ3) is 3.68. The molecule has 1 aromatic carbocycles. The SMILES string of the molecule is CC(N)Cc1ccn(Cc2ccc(Br)cc2[N+](=O)[O-])c1. The number of nitrogens with zero attached hydrogens (tertiary/aromatic N) is 2. The van der Waals surface area contributed by atoms with Crippen molar-refractivity contribution >= 4 is 21.6 Å². The van der Waals surface area contributed by atoms with Crippen molar-refractivity contribution in [1.82, 2.24) is 4.57 Å². The van der Waals surface area contributed by atoms with E-state index in [0.29, 0.717) is 16.6 Å². The number of rotatable bonds is 5. The molecule has 1 aromatic heterocycles. The summed E-state index contributed by atoms with van der Waals surface area (Å²) in [5.74, 6) is 0. The van der Waals surface area contributed by atoms with Crippen LogP contribution in [0.15, 0.2) is 41.1 Å². The Morgan fingerprint density at radius 3 is 2.85 bits per heavy atom. The number of hydrogen-bond acceptors (Lipinski definition) is 3. The summed E-state index contributed by atoms with van der Waals surface area (Å²) in [6, 6.07) is 7.21. The molecule has 0 aliphatic heterocycles. The maximum Gasteiger partial charge on any atom is 0.275 e. The number of nitro benzene ring substituents is 1. The number of benzene rings is 1. The van der Waals surface area contributed by atoms with Gasteiger partial charge in [-0.15, -0.1) is 0 Å². The summed E-state index contributed by atoms with van der Waals surface area (Å²) in [4.78, 5) is 10.7. The van der Waals surface area contributed by atoms with Crippen LogP contribution in [0.4, 0.5) is 5.69 Å². The monoisotopic (exact) mass is 337 g/mol. The van der Waals surface area contributed by atoms with Crippen LogP contribution in [0, 0.1) is 10.1 Å². The smallest absolute Gasteiger partial charge is 0.275 e. The molecule has 0 aliphatic rings. The van der Waals surface area contributed by atoms with Crippen LogP contribution >= 0.6 is 15.9 Å². The topological polar surface area (TPSA) is 74.1 Å². The van der Waals surface area contributed by atoms with Crippen molar-refractivity contribution in [1.29, 1.82) is 0 Å². The molecule has 0 radical (unpaired) electrons. The van der Waals surface area contributed by atoms with Crippen LogP contribution in [-0.4, -0.2) is 15.5 Å². The van der Waals surface area contributed by atoms with Gasteiger partial charge < -0.3 is 10.3 Å². The highest BCUT2D eigenvalue weighted by molar-refractivity contribution is 9.10.